The van der Waals surface area contributed by atoms with E-state index < -0.39 is 5.97 Å². The highest BCUT2D eigenvalue weighted by atomic mass is 32.1. The van der Waals surface area contributed by atoms with Gasteiger partial charge in [0.25, 0.3) is 0 Å². The molecule has 3 heterocycles. The van der Waals surface area contributed by atoms with Crippen LogP contribution in [0.2, 0.25) is 0 Å². The molecule has 0 aliphatic heterocycles. The Hall–Kier alpha value is -2.15. The number of imidazole rings is 1. The number of carboxylic acid groups (broad SMARTS) is 1. The summed E-state index contributed by atoms with van der Waals surface area (Å²) in [7, 11) is 0. The lowest BCUT2D eigenvalue weighted by molar-refractivity contribution is 0.0652. The third kappa shape index (κ3) is 1.60. The van der Waals surface area contributed by atoms with Crippen LogP contribution in [0.3, 0.4) is 0 Å². The average Bonchev–Trinajstić information content (AvgIpc) is 2.87. The molecule has 6 nitrogen and oxygen atoms in total. The molecular formula is C10H7N3O3S. The van der Waals surface area contributed by atoms with E-state index >= 15 is 0 Å². The fourth-order valence-electron chi connectivity index (χ4n) is 1.53. The lowest BCUT2D eigenvalue weighted by atomic mass is 10.3. The van der Waals surface area contributed by atoms with Gasteiger partial charge in [-0.15, -0.1) is 11.3 Å². The fraction of sp³-hybridized carbons (Fsp3) is 0.100. The largest absolute Gasteiger partial charge is 0.475 e. The molecule has 1 N–H and O–H groups in total. The molecule has 0 aliphatic rings. The minimum Gasteiger partial charge on any atom is -0.475 e. The number of carboxylic acids is 1. The first-order valence-electron chi connectivity index (χ1n) is 4.79. The fourth-order valence-corrected chi connectivity index (χ4v) is 2.34. The van der Waals surface area contributed by atoms with Gasteiger partial charge >= 0.3 is 5.97 Å². The molecule has 0 saturated carbocycles. The van der Waals surface area contributed by atoms with Gasteiger partial charge in [-0.3, -0.25) is 4.40 Å². The Kier molecular flexibility index (Phi) is 2.02. The van der Waals surface area contributed by atoms with Crippen LogP contribution in [-0.4, -0.2) is 25.6 Å². The summed E-state index contributed by atoms with van der Waals surface area (Å²) in [5.41, 5.74) is 1.03. The first-order chi connectivity index (χ1) is 8.13. The van der Waals surface area contributed by atoms with E-state index in [-0.39, 0.29) is 5.76 Å². The summed E-state index contributed by atoms with van der Waals surface area (Å²) in [4.78, 5) is 17.0. The number of thiazole rings is 1. The molecule has 0 aromatic carbocycles. The van der Waals surface area contributed by atoms with Crippen molar-refractivity contribution in [3.63, 3.8) is 0 Å². The summed E-state index contributed by atoms with van der Waals surface area (Å²) in [6.07, 6.45) is 3.75. The van der Waals surface area contributed by atoms with Gasteiger partial charge in [0.05, 0.1) is 0 Å². The molecule has 0 spiro atoms. The van der Waals surface area contributed by atoms with Crippen LogP contribution in [0.1, 0.15) is 15.4 Å². The van der Waals surface area contributed by atoms with Crippen molar-refractivity contribution in [1.29, 1.82) is 0 Å². The van der Waals surface area contributed by atoms with Gasteiger partial charge in [0.2, 0.25) is 5.76 Å². The van der Waals surface area contributed by atoms with Crippen LogP contribution in [0.4, 0.5) is 0 Å². The smallest absolute Gasteiger partial charge is 0.374 e. The molecule has 3 aromatic rings. The monoisotopic (exact) mass is 249 g/mol. The average molecular weight is 249 g/mol. The number of hydrogen-bond donors (Lipinski definition) is 1. The first kappa shape index (κ1) is 10.0. The van der Waals surface area contributed by atoms with Gasteiger partial charge in [0, 0.05) is 23.3 Å². The standard InChI is InChI=1S/C10H7N3O3S/c1-5-3-13-4-7(11-10(13)17-5)6-2-8(9(14)15)16-12-6/h2-4H,1H3,(H,14,15). The predicted molar refractivity (Wildman–Crippen MR) is 60.3 cm³/mol. The molecule has 0 bridgehead atoms. The van der Waals surface area contributed by atoms with E-state index in [2.05, 4.69) is 14.7 Å². The molecule has 3 rings (SSSR count). The Labute approximate surface area is 99.1 Å². The van der Waals surface area contributed by atoms with E-state index in [1.807, 2.05) is 17.5 Å². The second-order valence-corrected chi connectivity index (χ2v) is 4.75. The van der Waals surface area contributed by atoms with Crippen molar-refractivity contribution < 1.29 is 14.4 Å². The van der Waals surface area contributed by atoms with E-state index in [1.165, 1.54) is 6.07 Å². The van der Waals surface area contributed by atoms with Crippen LogP contribution in [0.25, 0.3) is 16.3 Å². The lowest BCUT2D eigenvalue weighted by Crippen LogP contribution is -1.91. The SMILES string of the molecule is Cc1cn2cc(-c3cc(C(=O)O)on3)nc2s1. The number of hydrogen-bond acceptors (Lipinski definition) is 5. The molecule has 0 unspecified atom stereocenters. The van der Waals surface area contributed by atoms with Crippen LogP contribution in [-0.2, 0) is 0 Å². The van der Waals surface area contributed by atoms with Crippen LogP contribution in [0, 0.1) is 6.92 Å². The van der Waals surface area contributed by atoms with Crippen molar-refractivity contribution in [2.24, 2.45) is 0 Å². The normalized spacial score (nSPS) is 11.1. The van der Waals surface area contributed by atoms with Gasteiger partial charge in [-0.25, -0.2) is 9.78 Å². The minimum absolute atomic E-state index is 0.187. The maximum Gasteiger partial charge on any atom is 0.374 e. The molecule has 0 atom stereocenters. The third-order valence-corrected chi connectivity index (χ3v) is 3.17. The quantitative estimate of drug-likeness (QED) is 0.751. The van der Waals surface area contributed by atoms with E-state index in [9.17, 15) is 4.79 Å². The molecule has 86 valence electrons. The van der Waals surface area contributed by atoms with Crippen molar-refractivity contribution in [2.45, 2.75) is 6.92 Å². The highest BCUT2D eigenvalue weighted by molar-refractivity contribution is 7.17. The van der Waals surface area contributed by atoms with Crippen molar-refractivity contribution in [2.75, 3.05) is 0 Å². The number of fused-ring (bicyclic) bond motifs is 1. The zero-order chi connectivity index (χ0) is 12.0. The maximum atomic E-state index is 10.7. The van der Waals surface area contributed by atoms with Crippen LogP contribution < -0.4 is 0 Å². The van der Waals surface area contributed by atoms with E-state index in [0.29, 0.717) is 11.4 Å². The lowest BCUT2D eigenvalue weighted by Gasteiger charge is -1.83. The molecular weight excluding hydrogens is 242 g/mol. The van der Waals surface area contributed by atoms with Crippen molar-refractivity contribution in [3.05, 3.63) is 29.1 Å². The summed E-state index contributed by atoms with van der Waals surface area (Å²) in [6, 6.07) is 1.36. The number of aryl methyl sites for hydroxylation is 1. The topological polar surface area (TPSA) is 80.6 Å². The Balaban J connectivity index is 2.07. The Morgan fingerprint density at radius 1 is 1.47 bits per heavy atom. The maximum absolute atomic E-state index is 10.7. The van der Waals surface area contributed by atoms with Gasteiger partial charge in [-0.05, 0) is 6.92 Å². The molecule has 7 heteroatoms. The molecule has 0 amide bonds. The van der Waals surface area contributed by atoms with E-state index in [1.54, 1.807) is 17.5 Å². The second-order valence-electron chi connectivity index (χ2n) is 3.54. The molecule has 0 aliphatic carbocycles. The Bertz CT molecular complexity index is 678. The van der Waals surface area contributed by atoms with E-state index in [0.717, 1.165) is 9.84 Å². The van der Waals surface area contributed by atoms with Gasteiger partial charge < -0.3 is 9.63 Å². The van der Waals surface area contributed by atoms with Gasteiger partial charge in [0.1, 0.15) is 11.4 Å². The summed E-state index contributed by atoms with van der Waals surface area (Å²) < 4.78 is 6.56. The highest BCUT2D eigenvalue weighted by Gasteiger charge is 2.15. The molecule has 0 saturated heterocycles. The van der Waals surface area contributed by atoms with Crippen LogP contribution in [0.15, 0.2) is 23.0 Å². The minimum atomic E-state index is -1.14. The first-order valence-corrected chi connectivity index (χ1v) is 5.60. The second kappa shape index (κ2) is 3.42. The summed E-state index contributed by atoms with van der Waals surface area (Å²) in [6.45, 7) is 2.00. The molecule has 0 radical (unpaired) electrons. The van der Waals surface area contributed by atoms with Crippen molar-refractivity contribution in [3.8, 4) is 11.4 Å². The highest BCUT2D eigenvalue weighted by Crippen LogP contribution is 2.23. The zero-order valence-electron chi connectivity index (χ0n) is 8.75. The van der Waals surface area contributed by atoms with Gasteiger partial charge in [0.15, 0.2) is 4.96 Å². The predicted octanol–water partition coefficient (Wildman–Crippen LogP) is 2.06. The van der Waals surface area contributed by atoms with E-state index in [4.69, 9.17) is 5.11 Å². The Morgan fingerprint density at radius 2 is 2.29 bits per heavy atom. The zero-order valence-corrected chi connectivity index (χ0v) is 9.56. The van der Waals surface area contributed by atoms with Crippen molar-refractivity contribution >= 4 is 22.3 Å². The van der Waals surface area contributed by atoms with Gasteiger partial charge in [-0.2, -0.15) is 0 Å². The van der Waals surface area contributed by atoms with Crippen LogP contribution in [0.5, 0.6) is 0 Å². The summed E-state index contributed by atoms with van der Waals surface area (Å²) in [5, 5.41) is 12.4. The Morgan fingerprint density at radius 3 is 2.94 bits per heavy atom. The summed E-state index contributed by atoms with van der Waals surface area (Å²) in [5.74, 6) is -1.33. The van der Waals surface area contributed by atoms with Crippen molar-refractivity contribution in [1.82, 2.24) is 14.5 Å². The summed E-state index contributed by atoms with van der Waals surface area (Å²) >= 11 is 1.56. The number of aromatic carboxylic acids is 1. The number of rotatable bonds is 2. The number of carbonyl (C=O) groups is 1. The number of aromatic nitrogens is 3. The molecule has 17 heavy (non-hydrogen) atoms. The van der Waals surface area contributed by atoms with Crippen LogP contribution >= 0.6 is 11.3 Å². The number of nitrogens with zero attached hydrogens (tertiary/aromatic N) is 3. The molecule has 0 fully saturated rings. The molecule has 3 aromatic heterocycles. The van der Waals surface area contributed by atoms with Gasteiger partial charge in [-0.1, -0.05) is 5.16 Å². The third-order valence-electron chi connectivity index (χ3n) is 2.25.